The Hall–Kier alpha value is -4.41. The summed E-state index contributed by atoms with van der Waals surface area (Å²) in [6.45, 7) is 0.253. The highest BCUT2D eigenvalue weighted by atomic mass is 79.9. The number of nitrogens with one attached hydrogen (secondary N) is 1. The number of aliphatic hydroxyl groups is 1. The number of nitrogens with zero attached hydrogens (tertiary/aromatic N) is 1. The molecule has 6 nitrogen and oxygen atoms in total. The molecule has 5 rings (SSSR count). The summed E-state index contributed by atoms with van der Waals surface area (Å²) in [5.41, 5.74) is 0.275. The highest BCUT2D eigenvalue weighted by Gasteiger charge is 2.52. The monoisotopic (exact) mass is 692 g/mol. The van der Waals surface area contributed by atoms with Crippen LogP contribution in [-0.4, -0.2) is 35.7 Å². The van der Waals surface area contributed by atoms with Crippen LogP contribution in [0.3, 0.4) is 0 Å². The van der Waals surface area contributed by atoms with E-state index in [9.17, 15) is 18.0 Å². The number of rotatable bonds is 12. The van der Waals surface area contributed by atoms with Crippen molar-refractivity contribution in [3.63, 3.8) is 0 Å². The van der Waals surface area contributed by atoms with E-state index in [1.807, 2.05) is 66.7 Å². The van der Waals surface area contributed by atoms with Crippen molar-refractivity contribution < 1.29 is 32.5 Å². The molecule has 1 aliphatic heterocycles. The Labute approximate surface area is 273 Å². The Morgan fingerprint density at radius 2 is 1.74 bits per heavy atom. The largest absolute Gasteiger partial charge is 0.494 e. The van der Waals surface area contributed by atoms with Crippen LogP contribution in [0.25, 0.3) is 6.08 Å². The third-order valence-corrected chi connectivity index (χ3v) is 7.98. The van der Waals surface area contributed by atoms with E-state index in [-0.39, 0.29) is 25.5 Å². The molecular formula is C36H32BrF3N2O4. The molecular weight excluding hydrogens is 661 g/mol. The predicted molar refractivity (Wildman–Crippen MR) is 174 cm³/mol. The van der Waals surface area contributed by atoms with Gasteiger partial charge in [-0.3, -0.25) is 4.79 Å². The molecule has 2 N–H and O–H groups in total. The van der Waals surface area contributed by atoms with Crippen LogP contribution < -0.4 is 10.1 Å². The van der Waals surface area contributed by atoms with Crippen LogP contribution in [0.15, 0.2) is 119 Å². The Balaban J connectivity index is 1.52. The number of carbonyl (C=O) groups excluding carboxylic acids is 1. The van der Waals surface area contributed by atoms with E-state index in [2.05, 4.69) is 21.2 Å². The molecule has 4 aromatic carbocycles. The Kier molecular flexibility index (Phi) is 10.6. The minimum Gasteiger partial charge on any atom is -0.494 e. The Morgan fingerprint density at radius 3 is 2.43 bits per heavy atom. The highest BCUT2D eigenvalue weighted by Crippen LogP contribution is 2.43. The van der Waals surface area contributed by atoms with Gasteiger partial charge in [0.2, 0.25) is 5.90 Å². The van der Waals surface area contributed by atoms with Crippen LogP contribution in [-0.2, 0) is 22.3 Å². The molecule has 1 heterocycles. The SMILES string of the molecule is O=C(NCc1cccc(C(F)(F)F)c1)[C@]1(C/C=C/c2ccccc2)N=C(c2ccc(OCCCO)cc2)O[C@@H]1c1ccc(Br)cc1. The van der Waals surface area contributed by atoms with Gasteiger partial charge in [-0.15, -0.1) is 0 Å². The summed E-state index contributed by atoms with van der Waals surface area (Å²) in [4.78, 5) is 19.2. The number of hydrogen-bond acceptors (Lipinski definition) is 5. The van der Waals surface area contributed by atoms with Gasteiger partial charge in [0, 0.05) is 36.0 Å². The molecule has 4 aromatic rings. The van der Waals surface area contributed by atoms with Gasteiger partial charge in [-0.05, 0) is 65.2 Å². The second-order valence-electron chi connectivity index (χ2n) is 10.7. The van der Waals surface area contributed by atoms with E-state index >= 15 is 0 Å². The molecule has 238 valence electrons. The second kappa shape index (κ2) is 14.8. The zero-order valence-electron chi connectivity index (χ0n) is 24.7. The molecule has 0 spiro atoms. The maximum atomic E-state index is 14.3. The van der Waals surface area contributed by atoms with Crippen LogP contribution >= 0.6 is 15.9 Å². The summed E-state index contributed by atoms with van der Waals surface area (Å²) in [6, 6.07) is 29.0. The number of aliphatic hydroxyl groups excluding tert-OH is 1. The van der Waals surface area contributed by atoms with Crippen LogP contribution in [0.4, 0.5) is 13.2 Å². The lowest BCUT2D eigenvalue weighted by Gasteiger charge is -2.30. The van der Waals surface area contributed by atoms with Crippen molar-refractivity contribution in [2.45, 2.75) is 37.2 Å². The average Bonchev–Trinajstić information content (AvgIpc) is 3.45. The fourth-order valence-corrected chi connectivity index (χ4v) is 5.35. The third-order valence-electron chi connectivity index (χ3n) is 7.45. The van der Waals surface area contributed by atoms with E-state index < -0.39 is 29.3 Å². The van der Waals surface area contributed by atoms with Crippen molar-refractivity contribution >= 4 is 33.8 Å². The highest BCUT2D eigenvalue weighted by molar-refractivity contribution is 9.10. The number of ether oxygens (including phenoxy) is 2. The maximum absolute atomic E-state index is 14.3. The lowest BCUT2D eigenvalue weighted by molar-refractivity contribution is -0.137. The average molecular weight is 694 g/mol. The summed E-state index contributed by atoms with van der Waals surface area (Å²) in [6.07, 6.45) is -0.957. The summed E-state index contributed by atoms with van der Waals surface area (Å²) in [5.74, 6) is 0.364. The van der Waals surface area contributed by atoms with Crippen LogP contribution in [0, 0.1) is 0 Å². The molecule has 0 saturated heterocycles. The standard InChI is InChI=1S/C36H32BrF3N2O4/c37-30-16-12-27(13-17-30)32-35(20-5-10-25-7-2-1-3-8-25,34(44)41-24-26-9-4-11-29(23-26)36(38,39)40)42-33(46-32)28-14-18-31(19-15-28)45-22-6-21-43/h1-5,7-19,23,32,43H,6,20-22,24H2,(H,41,44)/b10-5+/t32-,35-/m1/s1. The summed E-state index contributed by atoms with van der Waals surface area (Å²) < 4.78 is 53.1. The maximum Gasteiger partial charge on any atom is 0.416 e. The number of aliphatic imine (C=N–C) groups is 1. The Bertz CT molecular complexity index is 1680. The first-order chi connectivity index (χ1) is 22.2. The van der Waals surface area contributed by atoms with Gasteiger partial charge in [0.05, 0.1) is 12.2 Å². The van der Waals surface area contributed by atoms with Crippen molar-refractivity contribution in [1.82, 2.24) is 5.32 Å². The van der Waals surface area contributed by atoms with Crippen molar-refractivity contribution in [3.8, 4) is 5.75 Å². The number of amides is 1. The predicted octanol–water partition coefficient (Wildman–Crippen LogP) is 7.91. The van der Waals surface area contributed by atoms with Crippen LogP contribution in [0.5, 0.6) is 5.75 Å². The molecule has 0 unspecified atom stereocenters. The van der Waals surface area contributed by atoms with Gasteiger partial charge in [0.1, 0.15) is 5.75 Å². The molecule has 1 aliphatic rings. The van der Waals surface area contributed by atoms with Crippen molar-refractivity contribution in [1.29, 1.82) is 0 Å². The lowest BCUT2D eigenvalue weighted by atomic mass is 9.84. The molecule has 2 atom stereocenters. The molecule has 0 aliphatic carbocycles. The van der Waals surface area contributed by atoms with Gasteiger partial charge in [0.15, 0.2) is 11.6 Å². The van der Waals surface area contributed by atoms with E-state index in [0.29, 0.717) is 35.5 Å². The lowest BCUT2D eigenvalue weighted by Crippen LogP contribution is -2.47. The van der Waals surface area contributed by atoms with Gasteiger partial charge in [-0.1, -0.05) is 82.7 Å². The number of alkyl halides is 3. The summed E-state index contributed by atoms with van der Waals surface area (Å²) in [7, 11) is 0. The van der Waals surface area contributed by atoms with Crippen molar-refractivity contribution in [2.75, 3.05) is 13.2 Å². The molecule has 10 heteroatoms. The van der Waals surface area contributed by atoms with E-state index in [4.69, 9.17) is 19.6 Å². The van der Waals surface area contributed by atoms with E-state index in [1.165, 1.54) is 12.1 Å². The van der Waals surface area contributed by atoms with Gasteiger partial charge in [-0.25, -0.2) is 4.99 Å². The normalized spacial score (nSPS) is 17.8. The zero-order valence-corrected chi connectivity index (χ0v) is 26.3. The quantitative estimate of drug-likeness (QED) is 0.148. The summed E-state index contributed by atoms with van der Waals surface area (Å²) >= 11 is 3.46. The smallest absolute Gasteiger partial charge is 0.416 e. The zero-order chi connectivity index (χ0) is 32.6. The first kappa shape index (κ1) is 33.0. The molecule has 0 aromatic heterocycles. The van der Waals surface area contributed by atoms with Crippen LogP contribution in [0.1, 0.15) is 46.8 Å². The minimum absolute atomic E-state index is 0.0246. The van der Waals surface area contributed by atoms with Gasteiger partial charge in [-0.2, -0.15) is 13.2 Å². The minimum atomic E-state index is -4.51. The molecule has 1 amide bonds. The second-order valence-corrected chi connectivity index (χ2v) is 11.7. The number of carbonyl (C=O) groups is 1. The van der Waals surface area contributed by atoms with Gasteiger partial charge in [0.25, 0.3) is 5.91 Å². The molecule has 46 heavy (non-hydrogen) atoms. The van der Waals surface area contributed by atoms with E-state index in [0.717, 1.165) is 22.2 Å². The summed E-state index contributed by atoms with van der Waals surface area (Å²) in [5, 5.41) is 11.9. The fraction of sp³-hybridized carbons (Fsp3) is 0.222. The Morgan fingerprint density at radius 1 is 1.00 bits per heavy atom. The molecule has 0 radical (unpaired) electrons. The van der Waals surface area contributed by atoms with Gasteiger partial charge < -0.3 is 19.9 Å². The number of halogens is 4. The first-order valence-electron chi connectivity index (χ1n) is 14.7. The van der Waals surface area contributed by atoms with Crippen molar-refractivity contribution in [3.05, 3.63) is 141 Å². The number of benzene rings is 4. The topological polar surface area (TPSA) is 80.2 Å². The molecule has 0 bridgehead atoms. The van der Waals surface area contributed by atoms with Crippen molar-refractivity contribution in [2.24, 2.45) is 4.99 Å². The first-order valence-corrected chi connectivity index (χ1v) is 15.5. The molecule has 0 fully saturated rings. The fourth-order valence-electron chi connectivity index (χ4n) is 5.08. The molecule has 0 saturated carbocycles. The van der Waals surface area contributed by atoms with Crippen LogP contribution in [0.2, 0.25) is 0 Å². The van der Waals surface area contributed by atoms with E-state index in [1.54, 1.807) is 24.3 Å². The third kappa shape index (κ3) is 8.05. The number of hydrogen-bond donors (Lipinski definition) is 2. The van der Waals surface area contributed by atoms with Gasteiger partial charge >= 0.3 is 6.18 Å².